The summed E-state index contributed by atoms with van der Waals surface area (Å²) in [6.07, 6.45) is -0.0431. The Labute approximate surface area is 105 Å². The summed E-state index contributed by atoms with van der Waals surface area (Å²) >= 11 is 0. The predicted molar refractivity (Wildman–Crippen MR) is 63.9 cm³/mol. The fraction of sp³-hybridized carbons (Fsp3) is 0.727. The standard InChI is InChI=1S/C11H20N2O5/c1-6(2)5-7(12)10(16)13-8(11(17)18)3-4-9(14)15/h6-8H,3-5,12H2,1-2H3,(H,13,16)(H,14,15)(H,17,18)/t7-,8+/m0/s1. The molecule has 0 spiro atoms. The Kier molecular flexibility index (Phi) is 6.96. The maximum absolute atomic E-state index is 11.6. The molecule has 0 bridgehead atoms. The largest absolute Gasteiger partial charge is 0.481 e. The number of amides is 1. The van der Waals surface area contributed by atoms with Gasteiger partial charge in [-0.3, -0.25) is 9.59 Å². The van der Waals surface area contributed by atoms with Crippen LogP contribution in [-0.4, -0.2) is 40.1 Å². The first-order valence-electron chi connectivity index (χ1n) is 5.74. The first-order chi connectivity index (χ1) is 8.23. The van der Waals surface area contributed by atoms with Gasteiger partial charge in [-0.1, -0.05) is 13.8 Å². The van der Waals surface area contributed by atoms with Crippen molar-refractivity contribution in [3.05, 3.63) is 0 Å². The molecule has 0 heterocycles. The fourth-order valence-corrected chi connectivity index (χ4v) is 1.42. The van der Waals surface area contributed by atoms with Crippen molar-refractivity contribution in [1.82, 2.24) is 5.32 Å². The minimum absolute atomic E-state index is 0.162. The van der Waals surface area contributed by atoms with Crippen molar-refractivity contribution in [2.75, 3.05) is 0 Å². The van der Waals surface area contributed by atoms with Crippen LogP contribution in [-0.2, 0) is 14.4 Å². The Bertz CT molecular complexity index is 317. The first kappa shape index (κ1) is 16.4. The van der Waals surface area contributed by atoms with Gasteiger partial charge < -0.3 is 21.3 Å². The third kappa shape index (κ3) is 6.85. The van der Waals surface area contributed by atoms with Crippen LogP contribution in [0.4, 0.5) is 0 Å². The Morgan fingerprint density at radius 2 is 1.78 bits per heavy atom. The smallest absolute Gasteiger partial charge is 0.326 e. The van der Waals surface area contributed by atoms with Crippen LogP contribution in [0.3, 0.4) is 0 Å². The highest BCUT2D eigenvalue weighted by molar-refractivity contribution is 5.87. The molecule has 0 aromatic heterocycles. The third-order valence-corrected chi connectivity index (χ3v) is 2.32. The van der Waals surface area contributed by atoms with Gasteiger partial charge in [0.05, 0.1) is 6.04 Å². The van der Waals surface area contributed by atoms with E-state index in [2.05, 4.69) is 5.32 Å². The number of nitrogens with two attached hydrogens (primary N) is 1. The molecule has 0 rings (SSSR count). The predicted octanol–water partition coefficient (Wildman–Crippen LogP) is -0.206. The van der Waals surface area contributed by atoms with Crippen molar-refractivity contribution in [3.8, 4) is 0 Å². The van der Waals surface area contributed by atoms with Gasteiger partial charge in [0.2, 0.25) is 5.91 Å². The average molecular weight is 260 g/mol. The second-order valence-electron chi connectivity index (χ2n) is 4.57. The van der Waals surface area contributed by atoms with Gasteiger partial charge in [-0.05, 0) is 18.8 Å². The number of nitrogens with one attached hydrogen (secondary N) is 1. The van der Waals surface area contributed by atoms with Gasteiger partial charge in [0.25, 0.3) is 0 Å². The minimum atomic E-state index is -1.26. The molecule has 0 saturated carbocycles. The molecule has 0 aliphatic heterocycles. The van der Waals surface area contributed by atoms with E-state index in [9.17, 15) is 14.4 Å². The Balaban J connectivity index is 4.35. The van der Waals surface area contributed by atoms with Crippen molar-refractivity contribution in [2.45, 2.75) is 45.2 Å². The third-order valence-electron chi connectivity index (χ3n) is 2.32. The number of aliphatic carboxylic acids is 2. The minimum Gasteiger partial charge on any atom is -0.481 e. The van der Waals surface area contributed by atoms with Crippen LogP contribution < -0.4 is 11.1 Å². The number of carbonyl (C=O) groups excluding carboxylic acids is 1. The Hall–Kier alpha value is -1.63. The summed E-state index contributed by atoms with van der Waals surface area (Å²) in [5.41, 5.74) is 5.60. The van der Waals surface area contributed by atoms with E-state index in [0.29, 0.717) is 6.42 Å². The molecule has 104 valence electrons. The zero-order valence-corrected chi connectivity index (χ0v) is 10.5. The van der Waals surface area contributed by atoms with Crippen molar-refractivity contribution < 1.29 is 24.6 Å². The van der Waals surface area contributed by atoms with E-state index in [1.807, 2.05) is 13.8 Å². The van der Waals surface area contributed by atoms with E-state index in [1.165, 1.54) is 0 Å². The molecule has 0 aliphatic rings. The molecule has 0 radical (unpaired) electrons. The SMILES string of the molecule is CC(C)C[C@H](N)C(=O)N[C@H](CCC(=O)O)C(=O)O. The molecule has 0 aromatic rings. The van der Waals surface area contributed by atoms with Crippen molar-refractivity contribution in [2.24, 2.45) is 11.7 Å². The molecular weight excluding hydrogens is 240 g/mol. The highest BCUT2D eigenvalue weighted by Crippen LogP contribution is 2.04. The molecule has 7 heteroatoms. The monoisotopic (exact) mass is 260 g/mol. The second kappa shape index (κ2) is 7.65. The van der Waals surface area contributed by atoms with E-state index < -0.39 is 29.9 Å². The zero-order chi connectivity index (χ0) is 14.3. The number of carboxylic acid groups (broad SMARTS) is 2. The number of carbonyl (C=O) groups is 3. The summed E-state index contributed by atoms with van der Waals surface area (Å²) in [5, 5.41) is 19.6. The number of hydrogen-bond donors (Lipinski definition) is 4. The lowest BCUT2D eigenvalue weighted by atomic mass is 10.0. The molecule has 0 fully saturated rings. The van der Waals surface area contributed by atoms with Crippen LogP contribution in [0.5, 0.6) is 0 Å². The molecule has 0 aromatic carbocycles. The van der Waals surface area contributed by atoms with Crippen LogP contribution in [0.15, 0.2) is 0 Å². The summed E-state index contributed by atoms with van der Waals surface area (Å²) in [5.74, 6) is -2.72. The van der Waals surface area contributed by atoms with Gasteiger partial charge in [0.15, 0.2) is 0 Å². The highest BCUT2D eigenvalue weighted by atomic mass is 16.4. The van der Waals surface area contributed by atoms with E-state index >= 15 is 0 Å². The van der Waals surface area contributed by atoms with E-state index in [4.69, 9.17) is 15.9 Å². The number of rotatable bonds is 8. The van der Waals surface area contributed by atoms with Crippen LogP contribution in [0.2, 0.25) is 0 Å². The average Bonchev–Trinajstić information content (AvgIpc) is 2.21. The van der Waals surface area contributed by atoms with Crippen LogP contribution >= 0.6 is 0 Å². The highest BCUT2D eigenvalue weighted by Gasteiger charge is 2.24. The van der Waals surface area contributed by atoms with Gasteiger partial charge in [0.1, 0.15) is 6.04 Å². The fourth-order valence-electron chi connectivity index (χ4n) is 1.42. The summed E-state index contributed by atoms with van der Waals surface area (Å²) in [7, 11) is 0. The van der Waals surface area contributed by atoms with Crippen molar-refractivity contribution >= 4 is 17.8 Å². The van der Waals surface area contributed by atoms with Crippen molar-refractivity contribution in [3.63, 3.8) is 0 Å². The Morgan fingerprint density at radius 3 is 2.17 bits per heavy atom. The normalized spacial score (nSPS) is 14.0. The zero-order valence-electron chi connectivity index (χ0n) is 10.5. The van der Waals surface area contributed by atoms with E-state index in [-0.39, 0.29) is 18.8 Å². The first-order valence-corrected chi connectivity index (χ1v) is 5.74. The maximum Gasteiger partial charge on any atom is 0.326 e. The molecule has 0 unspecified atom stereocenters. The van der Waals surface area contributed by atoms with Crippen LogP contribution in [0.25, 0.3) is 0 Å². The number of carboxylic acids is 2. The number of hydrogen-bond acceptors (Lipinski definition) is 4. The van der Waals surface area contributed by atoms with Gasteiger partial charge >= 0.3 is 11.9 Å². The van der Waals surface area contributed by atoms with Gasteiger partial charge in [0, 0.05) is 6.42 Å². The quantitative estimate of drug-likeness (QED) is 0.478. The molecule has 18 heavy (non-hydrogen) atoms. The molecule has 7 nitrogen and oxygen atoms in total. The lowest BCUT2D eigenvalue weighted by Gasteiger charge is -2.18. The summed E-state index contributed by atoms with van der Waals surface area (Å²) in [6.45, 7) is 3.79. The van der Waals surface area contributed by atoms with Crippen LogP contribution in [0, 0.1) is 5.92 Å². The summed E-state index contributed by atoms with van der Waals surface area (Å²) in [4.78, 5) is 32.8. The molecule has 0 aliphatic carbocycles. The summed E-state index contributed by atoms with van der Waals surface area (Å²) in [6, 6.07) is -2.00. The molecule has 0 saturated heterocycles. The van der Waals surface area contributed by atoms with Gasteiger partial charge in [-0.2, -0.15) is 0 Å². The van der Waals surface area contributed by atoms with Gasteiger partial charge in [-0.15, -0.1) is 0 Å². The molecular formula is C11H20N2O5. The summed E-state index contributed by atoms with van der Waals surface area (Å²) < 4.78 is 0. The molecule has 1 amide bonds. The topological polar surface area (TPSA) is 130 Å². The van der Waals surface area contributed by atoms with Crippen LogP contribution in [0.1, 0.15) is 33.1 Å². The molecule has 2 atom stereocenters. The molecule has 5 N–H and O–H groups in total. The van der Waals surface area contributed by atoms with Gasteiger partial charge in [-0.25, -0.2) is 4.79 Å². The second-order valence-corrected chi connectivity index (χ2v) is 4.57. The lowest BCUT2D eigenvalue weighted by Crippen LogP contribution is -2.48. The maximum atomic E-state index is 11.6. The lowest BCUT2D eigenvalue weighted by molar-refractivity contribution is -0.143. The van der Waals surface area contributed by atoms with E-state index in [1.54, 1.807) is 0 Å². The Morgan fingerprint density at radius 1 is 1.22 bits per heavy atom. The van der Waals surface area contributed by atoms with Crippen molar-refractivity contribution in [1.29, 1.82) is 0 Å². The van der Waals surface area contributed by atoms with E-state index in [0.717, 1.165) is 0 Å².